The van der Waals surface area contributed by atoms with Crippen LogP contribution in [0.1, 0.15) is 27.2 Å². The maximum Gasteiger partial charge on any atom is 0.272 e. The third-order valence-corrected chi connectivity index (χ3v) is 4.12. The molecule has 2 aromatic carbocycles. The second-order valence-corrected chi connectivity index (χ2v) is 6.02. The molecule has 0 radical (unpaired) electrons. The van der Waals surface area contributed by atoms with Crippen molar-refractivity contribution in [2.45, 2.75) is 20.8 Å². The molecule has 3 rings (SSSR count). The van der Waals surface area contributed by atoms with Crippen molar-refractivity contribution in [3.05, 3.63) is 63.8 Å². The predicted molar refractivity (Wildman–Crippen MR) is 91.9 cm³/mol. The van der Waals surface area contributed by atoms with Gasteiger partial charge in [-0.25, -0.2) is 0 Å². The van der Waals surface area contributed by atoms with E-state index in [1.165, 1.54) is 5.56 Å². The van der Waals surface area contributed by atoms with Crippen LogP contribution >= 0.6 is 11.6 Å². The zero-order valence-corrected chi connectivity index (χ0v) is 13.5. The van der Waals surface area contributed by atoms with Crippen LogP contribution in [0.4, 0.5) is 5.69 Å². The SMILES string of the molecule is Cc1ccc2[nH]c(C(=O)Nc3cc(Cl)ccc3C)c(C)c2c1. The van der Waals surface area contributed by atoms with Crippen molar-refractivity contribution < 1.29 is 4.79 Å². The Kier molecular flexibility index (Phi) is 3.67. The lowest BCUT2D eigenvalue weighted by Crippen LogP contribution is -2.14. The van der Waals surface area contributed by atoms with E-state index in [0.717, 1.165) is 27.7 Å². The van der Waals surface area contributed by atoms with E-state index >= 15 is 0 Å². The van der Waals surface area contributed by atoms with Crippen LogP contribution in [-0.2, 0) is 0 Å². The molecule has 4 heteroatoms. The average molecular weight is 313 g/mol. The van der Waals surface area contributed by atoms with Gasteiger partial charge in [0.2, 0.25) is 0 Å². The Hall–Kier alpha value is -2.26. The molecule has 2 N–H and O–H groups in total. The van der Waals surface area contributed by atoms with Crippen LogP contribution < -0.4 is 5.32 Å². The van der Waals surface area contributed by atoms with Gasteiger partial charge in [-0.1, -0.05) is 29.3 Å². The maximum atomic E-state index is 12.6. The molecular weight excluding hydrogens is 296 g/mol. The number of amides is 1. The summed E-state index contributed by atoms with van der Waals surface area (Å²) in [6, 6.07) is 11.6. The molecule has 3 nitrogen and oxygen atoms in total. The lowest BCUT2D eigenvalue weighted by Gasteiger charge is -2.08. The van der Waals surface area contributed by atoms with Crippen LogP contribution in [-0.4, -0.2) is 10.9 Å². The van der Waals surface area contributed by atoms with Crippen molar-refractivity contribution in [2.24, 2.45) is 0 Å². The van der Waals surface area contributed by atoms with Crippen molar-refractivity contribution in [3.8, 4) is 0 Å². The number of aromatic nitrogens is 1. The van der Waals surface area contributed by atoms with E-state index < -0.39 is 0 Å². The number of aryl methyl sites for hydroxylation is 3. The summed E-state index contributed by atoms with van der Waals surface area (Å²) >= 11 is 6.00. The topological polar surface area (TPSA) is 44.9 Å². The van der Waals surface area contributed by atoms with Crippen molar-refractivity contribution in [2.75, 3.05) is 5.32 Å². The van der Waals surface area contributed by atoms with Gasteiger partial charge in [0.25, 0.3) is 5.91 Å². The highest BCUT2D eigenvalue weighted by Gasteiger charge is 2.15. The molecule has 0 aliphatic heterocycles. The number of rotatable bonds is 2. The van der Waals surface area contributed by atoms with E-state index in [1.54, 1.807) is 6.07 Å². The number of carbonyl (C=O) groups is 1. The van der Waals surface area contributed by atoms with Crippen LogP contribution in [0.2, 0.25) is 5.02 Å². The van der Waals surface area contributed by atoms with Crippen LogP contribution in [0, 0.1) is 20.8 Å². The van der Waals surface area contributed by atoms with Gasteiger partial charge in [-0.2, -0.15) is 0 Å². The van der Waals surface area contributed by atoms with Crippen LogP contribution in [0.3, 0.4) is 0 Å². The number of aromatic amines is 1. The van der Waals surface area contributed by atoms with Crippen molar-refractivity contribution >= 4 is 34.1 Å². The molecule has 0 saturated carbocycles. The molecule has 3 aromatic rings. The number of benzene rings is 2. The van der Waals surface area contributed by atoms with Crippen LogP contribution in [0.5, 0.6) is 0 Å². The van der Waals surface area contributed by atoms with Gasteiger partial charge in [-0.3, -0.25) is 4.79 Å². The Labute approximate surface area is 134 Å². The average Bonchev–Trinajstić information content (AvgIpc) is 2.80. The lowest BCUT2D eigenvalue weighted by molar-refractivity contribution is 0.102. The fourth-order valence-electron chi connectivity index (χ4n) is 2.58. The Morgan fingerprint density at radius 2 is 1.86 bits per heavy atom. The normalized spacial score (nSPS) is 10.9. The van der Waals surface area contributed by atoms with E-state index in [4.69, 9.17) is 11.6 Å². The molecule has 1 heterocycles. The Morgan fingerprint density at radius 1 is 1.09 bits per heavy atom. The molecular formula is C18H17ClN2O. The molecule has 0 fully saturated rings. The molecule has 0 atom stereocenters. The van der Waals surface area contributed by atoms with Gasteiger partial charge in [-0.15, -0.1) is 0 Å². The number of carbonyl (C=O) groups excluding carboxylic acids is 1. The fourth-order valence-corrected chi connectivity index (χ4v) is 2.75. The van der Waals surface area contributed by atoms with E-state index in [-0.39, 0.29) is 5.91 Å². The first-order chi connectivity index (χ1) is 10.5. The molecule has 1 amide bonds. The summed E-state index contributed by atoms with van der Waals surface area (Å²) in [6.07, 6.45) is 0. The fraction of sp³-hybridized carbons (Fsp3) is 0.167. The van der Waals surface area contributed by atoms with E-state index in [0.29, 0.717) is 10.7 Å². The van der Waals surface area contributed by atoms with E-state index in [1.807, 2.05) is 45.0 Å². The number of hydrogen-bond donors (Lipinski definition) is 2. The summed E-state index contributed by atoms with van der Waals surface area (Å²) in [4.78, 5) is 15.8. The number of halogens is 1. The number of nitrogens with one attached hydrogen (secondary N) is 2. The van der Waals surface area contributed by atoms with Crippen molar-refractivity contribution in [1.29, 1.82) is 0 Å². The molecule has 0 aliphatic carbocycles. The minimum absolute atomic E-state index is 0.156. The highest BCUT2D eigenvalue weighted by Crippen LogP contribution is 2.25. The number of hydrogen-bond acceptors (Lipinski definition) is 1. The Bertz CT molecular complexity index is 880. The quantitative estimate of drug-likeness (QED) is 0.687. The second kappa shape index (κ2) is 5.50. The largest absolute Gasteiger partial charge is 0.350 e. The molecule has 0 saturated heterocycles. The molecule has 0 unspecified atom stereocenters. The van der Waals surface area contributed by atoms with Gasteiger partial charge in [0.05, 0.1) is 0 Å². The zero-order chi connectivity index (χ0) is 15.9. The first-order valence-corrected chi connectivity index (χ1v) is 7.50. The van der Waals surface area contributed by atoms with Gasteiger partial charge in [-0.05, 0) is 56.2 Å². The smallest absolute Gasteiger partial charge is 0.272 e. The lowest BCUT2D eigenvalue weighted by atomic mass is 10.1. The molecule has 112 valence electrons. The van der Waals surface area contributed by atoms with Gasteiger partial charge >= 0.3 is 0 Å². The number of anilines is 1. The highest BCUT2D eigenvalue weighted by molar-refractivity contribution is 6.31. The minimum Gasteiger partial charge on any atom is -0.350 e. The predicted octanol–water partition coefficient (Wildman–Crippen LogP) is 5.00. The molecule has 1 aromatic heterocycles. The number of H-pyrrole nitrogens is 1. The molecule has 0 spiro atoms. The van der Waals surface area contributed by atoms with Crippen LogP contribution in [0.15, 0.2) is 36.4 Å². The first kappa shape index (κ1) is 14.7. The third kappa shape index (κ3) is 2.60. The molecule has 0 aliphatic rings. The standard InChI is InChI=1S/C18H17ClN2O/c1-10-4-7-15-14(8-10)12(3)17(20-15)18(22)21-16-9-13(19)6-5-11(16)2/h4-9,20H,1-3H3,(H,21,22). The van der Waals surface area contributed by atoms with E-state index in [9.17, 15) is 4.79 Å². The van der Waals surface area contributed by atoms with Gasteiger partial charge in [0.15, 0.2) is 0 Å². The van der Waals surface area contributed by atoms with Crippen molar-refractivity contribution in [1.82, 2.24) is 4.98 Å². The van der Waals surface area contributed by atoms with Gasteiger partial charge in [0.1, 0.15) is 5.69 Å². The zero-order valence-electron chi connectivity index (χ0n) is 12.8. The van der Waals surface area contributed by atoms with Crippen molar-refractivity contribution in [3.63, 3.8) is 0 Å². The summed E-state index contributed by atoms with van der Waals surface area (Å²) < 4.78 is 0. The highest BCUT2D eigenvalue weighted by atomic mass is 35.5. The third-order valence-electron chi connectivity index (χ3n) is 3.89. The molecule has 0 bridgehead atoms. The van der Waals surface area contributed by atoms with Gasteiger partial charge in [0, 0.05) is 21.6 Å². The maximum absolute atomic E-state index is 12.6. The second-order valence-electron chi connectivity index (χ2n) is 5.59. The van der Waals surface area contributed by atoms with Gasteiger partial charge < -0.3 is 10.3 Å². The first-order valence-electron chi connectivity index (χ1n) is 7.12. The summed E-state index contributed by atoms with van der Waals surface area (Å²) in [5, 5.41) is 4.61. The van der Waals surface area contributed by atoms with Crippen LogP contribution in [0.25, 0.3) is 10.9 Å². The van der Waals surface area contributed by atoms with E-state index in [2.05, 4.69) is 16.4 Å². The Balaban J connectivity index is 1.99. The summed E-state index contributed by atoms with van der Waals surface area (Å²) in [5.41, 5.74) is 5.38. The summed E-state index contributed by atoms with van der Waals surface area (Å²) in [6.45, 7) is 5.94. The summed E-state index contributed by atoms with van der Waals surface area (Å²) in [7, 11) is 0. The Morgan fingerprint density at radius 3 is 2.64 bits per heavy atom. The summed E-state index contributed by atoms with van der Waals surface area (Å²) in [5.74, 6) is -0.156. The monoisotopic (exact) mass is 312 g/mol. The minimum atomic E-state index is -0.156. The molecule has 22 heavy (non-hydrogen) atoms. The number of fused-ring (bicyclic) bond motifs is 1.